The van der Waals surface area contributed by atoms with Crippen LogP contribution in [0.4, 0.5) is 11.8 Å². The number of amides is 1. The molecule has 0 saturated carbocycles. The van der Waals surface area contributed by atoms with Crippen molar-refractivity contribution in [3.8, 4) is 0 Å². The van der Waals surface area contributed by atoms with Gasteiger partial charge in [-0.25, -0.2) is 10.8 Å². The van der Waals surface area contributed by atoms with Crippen LogP contribution in [-0.4, -0.2) is 49.7 Å². The Morgan fingerprint density at radius 3 is 3.00 bits per heavy atom. The van der Waals surface area contributed by atoms with Crippen LogP contribution >= 0.6 is 15.9 Å². The first kappa shape index (κ1) is 15.6. The average molecular weight is 333 g/mol. The lowest BCUT2D eigenvalue weighted by molar-refractivity contribution is -0.119. The summed E-state index contributed by atoms with van der Waals surface area (Å²) >= 11 is 3.33. The summed E-state index contributed by atoms with van der Waals surface area (Å²) in [5.74, 6) is 5.99. The number of nitrogen functional groups attached to an aromatic ring is 1. The fourth-order valence-electron chi connectivity index (χ4n) is 1.33. The Bertz CT molecular complexity index is 430. The molecule has 8 nitrogen and oxygen atoms in total. The summed E-state index contributed by atoms with van der Waals surface area (Å²) in [7, 11) is 3.33. The highest BCUT2D eigenvalue weighted by Crippen LogP contribution is 2.22. The third kappa shape index (κ3) is 4.97. The molecule has 9 heteroatoms. The van der Waals surface area contributed by atoms with Gasteiger partial charge in [0, 0.05) is 26.9 Å². The number of likely N-dealkylation sites (N-methyl/N-ethyl adjacent to an activating group) is 1. The minimum atomic E-state index is -0.118. The molecular weight excluding hydrogens is 316 g/mol. The second-order valence-electron chi connectivity index (χ2n) is 3.71. The number of nitrogens with zero attached hydrogens (tertiary/aromatic N) is 3. The van der Waals surface area contributed by atoms with Gasteiger partial charge in [-0.3, -0.25) is 10.2 Å². The second-order valence-corrected chi connectivity index (χ2v) is 4.56. The molecule has 0 unspecified atom stereocenters. The number of ether oxygens (including phenoxy) is 1. The number of carbonyl (C=O) groups excluding carboxylic acids is 1. The maximum Gasteiger partial charge on any atom is 0.239 e. The summed E-state index contributed by atoms with van der Waals surface area (Å²) in [6.45, 7) is 1.13. The molecule has 0 aliphatic rings. The van der Waals surface area contributed by atoms with E-state index in [0.717, 1.165) is 0 Å². The lowest BCUT2D eigenvalue weighted by Gasteiger charge is -2.19. The van der Waals surface area contributed by atoms with Crippen LogP contribution < -0.4 is 21.5 Å². The van der Waals surface area contributed by atoms with Crippen molar-refractivity contribution in [2.75, 3.05) is 44.2 Å². The topological polar surface area (TPSA) is 105 Å². The zero-order chi connectivity index (χ0) is 14.3. The second kappa shape index (κ2) is 7.87. The lowest BCUT2D eigenvalue weighted by Crippen LogP contribution is -2.37. The Morgan fingerprint density at radius 1 is 1.63 bits per heavy atom. The van der Waals surface area contributed by atoms with Crippen LogP contribution in [0.25, 0.3) is 0 Å². The minimum absolute atomic E-state index is 0.118. The number of rotatable bonds is 7. The van der Waals surface area contributed by atoms with Crippen molar-refractivity contribution in [3.05, 3.63) is 10.7 Å². The van der Waals surface area contributed by atoms with Crippen molar-refractivity contribution in [1.29, 1.82) is 0 Å². The summed E-state index contributed by atoms with van der Waals surface area (Å²) < 4.78 is 5.53. The van der Waals surface area contributed by atoms with Crippen molar-refractivity contribution in [1.82, 2.24) is 15.3 Å². The number of aromatic nitrogens is 2. The van der Waals surface area contributed by atoms with E-state index in [4.69, 9.17) is 10.6 Å². The molecule has 0 aromatic carbocycles. The van der Waals surface area contributed by atoms with Gasteiger partial charge in [0.05, 0.1) is 17.6 Å². The zero-order valence-corrected chi connectivity index (χ0v) is 12.4. The standard InChI is InChI=1S/C10H17BrN6O2/c1-17(6-8(18)13-3-4-19-2)9-7(11)5-14-10(15-9)16-12/h5H,3-4,6,12H2,1-2H3,(H,13,18)(H,14,15,16). The molecule has 106 valence electrons. The maximum absolute atomic E-state index is 11.7. The van der Waals surface area contributed by atoms with Crippen molar-refractivity contribution < 1.29 is 9.53 Å². The molecule has 1 heterocycles. The molecule has 0 bridgehead atoms. The van der Waals surface area contributed by atoms with Crippen molar-refractivity contribution in [2.24, 2.45) is 5.84 Å². The molecule has 0 aliphatic heterocycles. The maximum atomic E-state index is 11.7. The highest BCUT2D eigenvalue weighted by Gasteiger charge is 2.12. The molecule has 4 N–H and O–H groups in total. The summed E-state index contributed by atoms with van der Waals surface area (Å²) in [5.41, 5.74) is 2.36. The zero-order valence-electron chi connectivity index (χ0n) is 10.8. The quantitative estimate of drug-likeness (QED) is 0.358. The van der Waals surface area contributed by atoms with Crippen LogP contribution in [0.1, 0.15) is 0 Å². The van der Waals surface area contributed by atoms with E-state index >= 15 is 0 Å². The number of nitrogens with one attached hydrogen (secondary N) is 2. The van der Waals surface area contributed by atoms with Gasteiger partial charge in [-0.2, -0.15) is 4.98 Å². The molecule has 0 fully saturated rings. The molecule has 1 amide bonds. The number of hydrogen-bond donors (Lipinski definition) is 3. The smallest absolute Gasteiger partial charge is 0.239 e. The molecule has 0 spiro atoms. The Morgan fingerprint density at radius 2 is 2.37 bits per heavy atom. The van der Waals surface area contributed by atoms with Crippen LogP contribution in [0.5, 0.6) is 0 Å². The largest absolute Gasteiger partial charge is 0.383 e. The lowest BCUT2D eigenvalue weighted by atomic mass is 10.4. The minimum Gasteiger partial charge on any atom is -0.383 e. The number of hydrogen-bond acceptors (Lipinski definition) is 7. The van der Waals surface area contributed by atoms with Crippen molar-refractivity contribution in [3.63, 3.8) is 0 Å². The average Bonchev–Trinajstić information content (AvgIpc) is 2.39. The Hall–Kier alpha value is -1.45. The predicted octanol–water partition coefficient (Wildman–Crippen LogP) is -0.276. The van der Waals surface area contributed by atoms with E-state index in [1.165, 1.54) is 0 Å². The molecule has 1 aromatic rings. The van der Waals surface area contributed by atoms with Gasteiger partial charge in [-0.1, -0.05) is 0 Å². The van der Waals surface area contributed by atoms with Crippen LogP contribution in [0.2, 0.25) is 0 Å². The number of methoxy groups -OCH3 is 1. The third-order valence-electron chi connectivity index (χ3n) is 2.23. The molecule has 0 radical (unpaired) electrons. The first-order valence-electron chi connectivity index (χ1n) is 5.54. The van der Waals surface area contributed by atoms with Gasteiger partial charge in [0.2, 0.25) is 11.9 Å². The van der Waals surface area contributed by atoms with E-state index in [9.17, 15) is 4.79 Å². The van der Waals surface area contributed by atoms with Gasteiger partial charge in [0.1, 0.15) is 5.82 Å². The monoisotopic (exact) mass is 332 g/mol. The van der Waals surface area contributed by atoms with Crippen LogP contribution in [0.15, 0.2) is 10.7 Å². The van der Waals surface area contributed by atoms with Gasteiger partial charge < -0.3 is 15.0 Å². The van der Waals surface area contributed by atoms with E-state index < -0.39 is 0 Å². The van der Waals surface area contributed by atoms with Gasteiger partial charge in [-0.05, 0) is 15.9 Å². The number of carbonyl (C=O) groups is 1. The number of nitrogens with two attached hydrogens (primary N) is 1. The normalized spacial score (nSPS) is 10.1. The van der Waals surface area contributed by atoms with E-state index in [2.05, 4.69) is 36.6 Å². The van der Waals surface area contributed by atoms with Gasteiger partial charge in [0.15, 0.2) is 0 Å². The van der Waals surface area contributed by atoms with Gasteiger partial charge in [-0.15, -0.1) is 0 Å². The van der Waals surface area contributed by atoms with Crippen LogP contribution in [0.3, 0.4) is 0 Å². The molecule has 0 atom stereocenters. The fourth-order valence-corrected chi connectivity index (χ4v) is 1.83. The molecule has 0 saturated heterocycles. The van der Waals surface area contributed by atoms with E-state index in [1.807, 2.05) is 0 Å². The Balaban J connectivity index is 2.61. The van der Waals surface area contributed by atoms with E-state index in [1.54, 1.807) is 25.3 Å². The molecule has 0 aliphatic carbocycles. The summed E-state index contributed by atoms with van der Waals surface area (Å²) in [6.07, 6.45) is 1.57. The fraction of sp³-hybridized carbons (Fsp3) is 0.500. The van der Waals surface area contributed by atoms with Gasteiger partial charge in [0.25, 0.3) is 0 Å². The number of halogens is 1. The first-order chi connectivity index (χ1) is 9.08. The molecule has 19 heavy (non-hydrogen) atoms. The first-order valence-corrected chi connectivity index (χ1v) is 6.33. The van der Waals surface area contributed by atoms with Gasteiger partial charge >= 0.3 is 0 Å². The number of hydrazine groups is 1. The Labute approximate surface area is 119 Å². The van der Waals surface area contributed by atoms with Crippen LogP contribution in [-0.2, 0) is 9.53 Å². The summed E-state index contributed by atoms with van der Waals surface area (Å²) in [6, 6.07) is 0. The molecule has 1 rings (SSSR count). The Kier molecular flexibility index (Phi) is 6.46. The SMILES string of the molecule is COCCNC(=O)CN(C)c1nc(NN)ncc1Br. The van der Waals surface area contributed by atoms with E-state index in [0.29, 0.717) is 23.4 Å². The number of anilines is 2. The van der Waals surface area contributed by atoms with Crippen LogP contribution in [0, 0.1) is 0 Å². The predicted molar refractivity (Wildman–Crippen MR) is 75.7 cm³/mol. The van der Waals surface area contributed by atoms with Crippen molar-refractivity contribution in [2.45, 2.75) is 0 Å². The highest BCUT2D eigenvalue weighted by molar-refractivity contribution is 9.10. The summed E-state index contributed by atoms with van der Waals surface area (Å²) in [4.78, 5) is 21.5. The van der Waals surface area contributed by atoms with Crippen molar-refractivity contribution >= 4 is 33.6 Å². The van der Waals surface area contributed by atoms with E-state index in [-0.39, 0.29) is 18.4 Å². The highest BCUT2D eigenvalue weighted by atomic mass is 79.9. The summed E-state index contributed by atoms with van der Waals surface area (Å²) in [5, 5.41) is 2.73. The third-order valence-corrected chi connectivity index (χ3v) is 2.78. The molecular formula is C10H17BrN6O2. The molecule has 1 aromatic heterocycles.